The molecule has 0 atom stereocenters. The molecule has 92 valence electrons. The van der Waals surface area contributed by atoms with Gasteiger partial charge in [-0.15, -0.1) is 0 Å². The summed E-state index contributed by atoms with van der Waals surface area (Å²) in [6, 6.07) is 6.50. The van der Waals surface area contributed by atoms with Crippen molar-refractivity contribution in [3.63, 3.8) is 0 Å². The van der Waals surface area contributed by atoms with E-state index in [9.17, 15) is 4.79 Å². The molecule has 4 heteroatoms. The van der Waals surface area contributed by atoms with Gasteiger partial charge in [-0.3, -0.25) is 0 Å². The zero-order valence-electron chi connectivity index (χ0n) is 9.59. The largest absolute Gasteiger partial charge is 0.478 e. The Kier molecular flexibility index (Phi) is 3.98. The van der Waals surface area contributed by atoms with E-state index in [1.54, 1.807) is 18.2 Å². The molecule has 0 heterocycles. The van der Waals surface area contributed by atoms with Crippen molar-refractivity contribution in [2.75, 3.05) is 0 Å². The molecular formula is C13H16O4. The smallest absolute Gasteiger partial charge is 0.339 e. The molecule has 0 aliphatic heterocycles. The van der Waals surface area contributed by atoms with Gasteiger partial charge in [0.15, 0.2) is 5.75 Å². The molecule has 0 saturated heterocycles. The highest BCUT2D eigenvalue weighted by Gasteiger charge is 2.17. The van der Waals surface area contributed by atoms with Crippen LogP contribution in [0.2, 0.25) is 0 Å². The normalized spacial score (nSPS) is 16.7. The second kappa shape index (κ2) is 5.68. The fourth-order valence-electron chi connectivity index (χ4n) is 2.00. The van der Waals surface area contributed by atoms with Crippen LogP contribution in [0.1, 0.15) is 42.5 Å². The predicted octanol–water partition coefficient (Wildman–Crippen LogP) is 3.03. The molecule has 0 radical (unpaired) electrons. The van der Waals surface area contributed by atoms with Crippen molar-refractivity contribution in [3.8, 4) is 5.75 Å². The highest BCUT2D eigenvalue weighted by Crippen LogP contribution is 2.23. The Labute approximate surface area is 100 Å². The van der Waals surface area contributed by atoms with Crippen LogP contribution < -0.4 is 4.89 Å². The van der Waals surface area contributed by atoms with Crippen molar-refractivity contribution in [2.24, 2.45) is 0 Å². The quantitative estimate of drug-likeness (QED) is 0.645. The van der Waals surface area contributed by atoms with Gasteiger partial charge in [0.1, 0.15) is 11.7 Å². The second-order valence-corrected chi connectivity index (χ2v) is 4.24. The molecule has 1 saturated carbocycles. The number of hydrogen-bond acceptors (Lipinski definition) is 3. The second-order valence-electron chi connectivity index (χ2n) is 4.24. The maximum absolute atomic E-state index is 10.9. The van der Waals surface area contributed by atoms with Crippen LogP contribution in [0.15, 0.2) is 24.3 Å². The fraction of sp³-hybridized carbons (Fsp3) is 0.462. The molecule has 1 aliphatic rings. The standard InChI is InChI=1S/C13H16O4/c14-13(15)11-8-4-5-9-12(11)17-16-10-6-2-1-3-7-10/h4-5,8-10H,1-3,6-7H2,(H,14,15). The summed E-state index contributed by atoms with van der Waals surface area (Å²) in [6.07, 6.45) is 5.59. The highest BCUT2D eigenvalue weighted by atomic mass is 17.2. The van der Waals surface area contributed by atoms with Crippen molar-refractivity contribution in [2.45, 2.75) is 38.2 Å². The zero-order valence-corrected chi connectivity index (χ0v) is 9.59. The van der Waals surface area contributed by atoms with Gasteiger partial charge in [-0.1, -0.05) is 31.4 Å². The van der Waals surface area contributed by atoms with Gasteiger partial charge in [-0.25, -0.2) is 4.79 Å². The van der Waals surface area contributed by atoms with Crippen LogP contribution >= 0.6 is 0 Å². The van der Waals surface area contributed by atoms with Crippen molar-refractivity contribution in [1.82, 2.24) is 0 Å². The Morgan fingerprint density at radius 2 is 1.88 bits per heavy atom. The van der Waals surface area contributed by atoms with E-state index in [1.807, 2.05) is 0 Å². The molecular weight excluding hydrogens is 220 g/mol. The molecule has 1 N–H and O–H groups in total. The Hall–Kier alpha value is -1.55. The van der Waals surface area contributed by atoms with E-state index in [0.29, 0.717) is 0 Å². The molecule has 0 aromatic heterocycles. The lowest BCUT2D eigenvalue weighted by Gasteiger charge is -2.20. The van der Waals surface area contributed by atoms with E-state index in [4.69, 9.17) is 14.9 Å². The molecule has 1 fully saturated rings. The first kappa shape index (κ1) is 11.9. The van der Waals surface area contributed by atoms with Crippen LogP contribution in [-0.4, -0.2) is 17.2 Å². The van der Waals surface area contributed by atoms with E-state index in [-0.39, 0.29) is 17.4 Å². The third-order valence-electron chi connectivity index (χ3n) is 2.94. The molecule has 0 spiro atoms. The minimum Gasteiger partial charge on any atom is -0.478 e. The summed E-state index contributed by atoms with van der Waals surface area (Å²) in [6.45, 7) is 0. The minimum absolute atomic E-state index is 0.0885. The van der Waals surface area contributed by atoms with E-state index in [1.165, 1.54) is 12.5 Å². The molecule has 0 amide bonds. The van der Waals surface area contributed by atoms with Crippen LogP contribution in [0.25, 0.3) is 0 Å². The number of carboxylic acids is 1. The lowest BCUT2D eigenvalue weighted by atomic mass is 9.98. The first-order valence-corrected chi connectivity index (χ1v) is 5.93. The van der Waals surface area contributed by atoms with Gasteiger partial charge in [0.05, 0.1) is 0 Å². The SMILES string of the molecule is O=C(O)c1ccccc1OOC1CCCCC1. The summed E-state index contributed by atoms with van der Waals surface area (Å²) >= 11 is 0. The molecule has 1 aromatic rings. The van der Waals surface area contributed by atoms with E-state index >= 15 is 0 Å². The highest BCUT2D eigenvalue weighted by molar-refractivity contribution is 5.90. The van der Waals surface area contributed by atoms with Crippen molar-refractivity contribution >= 4 is 5.97 Å². The number of para-hydroxylation sites is 1. The lowest BCUT2D eigenvalue weighted by molar-refractivity contribution is -0.251. The molecule has 1 aliphatic carbocycles. The zero-order chi connectivity index (χ0) is 12.1. The number of hydrogen-bond donors (Lipinski definition) is 1. The van der Waals surface area contributed by atoms with Gasteiger partial charge in [0, 0.05) is 0 Å². The van der Waals surface area contributed by atoms with Gasteiger partial charge in [-0.05, 0) is 25.0 Å². The van der Waals surface area contributed by atoms with Crippen LogP contribution in [-0.2, 0) is 4.89 Å². The summed E-state index contributed by atoms with van der Waals surface area (Å²) in [5, 5.41) is 8.97. The van der Waals surface area contributed by atoms with Crippen LogP contribution in [0.5, 0.6) is 5.75 Å². The molecule has 17 heavy (non-hydrogen) atoms. The number of carboxylic acid groups (broad SMARTS) is 1. The molecule has 2 rings (SSSR count). The number of aromatic carboxylic acids is 1. The Balaban J connectivity index is 1.96. The van der Waals surface area contributed by atoms with Gasteiger partial charge >= 0.3 is 5.97 Å². The molecule has 0 unspecified atom stereocenters. The third-order valence-corrected chi connectivity index (χ3v) is 2.94. The van der Waals surface area contributed by atoms with Crippen LogP contribution in [0, 0.1) is 0 Å². The summed E-state index contributed by atoms with van der Waals surface area (Å²) in [7, 11) is 0. The summed E-state index contributed by atoms with van der Waals surface area (Å²) in [5.74, 6) is -0.738. The van der Waals surface area contributed by atoms with Crippen LogP contribution in [0.3, 0.4) is 0 Å². The van der Waals surface area contributed by atoms with Crippen molar-refractivity contribution in [1.29, 1.82) is 0 Å². The number of rotatable bonds is 4. The van der Waals surface area contributed by atoms with Crippen molar-refractivity contribution in [3.05, 3.63) is 29.8 Å². The Morgan fingerprint density at radius 3 is 2.59 bits per heavy atom. The molecule has 4 nitrogen and oxygen atoms in total. The fourth-order valence-corrected chi connectivity index (χ4v) is 2.00. The Morgan fingerprint density at radius 1 is 1.18 bits per heavy atom. The van der Waals surface area contributed by atoms with Crippen LogP contribution in [0.4, 0.5) is 0 Å². The molecule has 0 bridgehead atoms. The average molecular weight is 236 g/mol. The summed E-state index contributed by atoms with van der Waals surface area (Å²) in [4.78, 5) is 21.4. The van der Waals surface area contributed by atoms with E-state index < -0.39 is 5.97 Å². The predicted molar refractivity (Wildman–Crippen MR) is 62.0 cm³/mol. The lowest BCUT2D eigenvalue weighted by Crippen LogP contribution is -2.19. The maximum atomic E-state index is 10.9. The van der Waals surface area contributed by atoms with E-state index in [0.717, 1.165) is 25.7 Å². The van der Waals surface area contributed by atoms with Crippen molar-refractivity contribution < 1.29 is 19.7 Å². The topological polar surface area (TPSA) is 55.8 Å². The van der Waals surface area contributed by atoms with Gasteiger partial charge in [-0.2, -0.15) is 4.89 Å². The molecule has 1 aromatic carbocycles. The summed E-state index contributed by atoms with van der Waals surface area (Å²) in [5.41, 5.74) is 0.128. The minimum atomic E-state index is -1.01. The number of carbonyl (C=O) groups is 1. The third kappa shape index (κ3) is 3.20. The van der Waals surface area contributed by atoms with Gasteiger partial charge < -0.3 is 9.99 Å². The monoisotopic (exact) mass is 236 g/mol. The summed E-state index contributed by atoms with van der Waals surface area (Å²) < 4.78 is 0. The number of benzene rings is 1. The first-order chi connectivity index (χ1) is 8.27. The first-order valence-electron chi connectivity index (χ1n) is 5.93. The van der Waals surface area contributed by atoms with E-state index in [2.05, 4.69) is 0 Å². The van der Waals surface area contributed by atoms with Gasteiger partial charge in [0.25, 0.3) is 0 Å². The Bertz CT molecular complexity index is 383. The average Bonchev–Trinajstić information content (AvgIpc) is 2.38. The maximum Gasteiger partial charge on any atom is 0.339 e. The van der Waals surface area contributed by atoms with Gasteiger partial charge in [0.2, 0.25) is 0 Å².